The summed E-state index contributed by atoms with van der Waals surface area (Å²) in [4.78, 5) is 34.4. The zero-order chi connectivity index (χ0) is 28.4. The molecule has 1 saturated heterocycles. The Balaban J connectivity index is 1.24. The second kappa shape index (κ2) is 9.72. The number of hydrogen-bond acceptors (Lipinski definition) is 4. The predicted octanol–water partition coefficient (Wildman–Crippen LogP) is 5.40. The fourth-order valence-electron chi connectivity index (χ4n) is 6.69. The molecular weight excluding hydrogens is 517 g/mol. The Labute approximate surface area is 238 Å². The van der Waals surface area contributed by atoms with Crippen molar-refractivity contribution in [3.05, 3.63) is 88.5 Å². The van der Waals surface area contributed by atoms with Crippen LogP contribution in [0.3, 0.4) is 0 Å². The Morgan fingerprint density at radius 1 is 1.02 bits per heavy atom. The standard InChI is InChI=1S/C33H34FN5O2/c1-19-26-6-4-3-5-21(26)12-14-38(19)33(41)24-15-28(22-7-8-22)32-36-30(20(2)39(32)18-24)27-10-9-25(16-29(27)34)37-13-11-23(17-37)31(35)40/h3-6,9-10,15-16,18-19,22-23H,7-8,11-14,17H2,1-2H3,(H2,35,40)/t19-,23+/m1/s1. The van der Waals surface area contributed by atoms with Gasteiger partial charge in [0.15, 0.2) is 0 Å². The normalized spacial score (nSPS) is 20.5. The summed E-state index contributed by atoms with van der Waals surface area (Å²) < 4.78 is 17.6. The first-order valence-electron chi connectivity index (χ1n) is 14.6. The molecule has 41 heavy (non-hydrogen) atoms. The van der Waals surface area contributed by atoms with Gasteiger partial charge in [-0.3, -0.25) is 9.59 Å². The summed E-state index contributed by atoms with van der Waals surface area (Å²) >= 11 is 0. The Kier molecular flexibility index (Phi) is 6.10. The van der Waals surface area contributed by atoms with Crippen molar-refractivity contribution in [2.45, 2.75) is 51.5 Å². The van der Waals surface area contributed by atoms with Crippen LogP contribution in [-0.4, -0.2) is 45.7 Å². The summed E-state index contributed by atoms with van der Waals surface area (Å²) in [5.74, 6) is -0.505. The minimum Gasteiger partial charge on any atom is -0.371 e. The van der Waals surface area contributed by atoms with E-state index in [0.29, 0.717) is 48.8 Å². The highest BCUT2D eigenvalue weighted by Gasteiger charge is 2.33. The highest BCUT2D eigenvalue weighted by molar-refractivity contribution is 5.95. The molecule has 1 aliphatic carbocycles. The van der Waals surface area contributed by atoms with Gasteiger partial charge in [-0.15, -0.1) is 0 Å². The van der Waals surface area contributed by atoms with Gasteiger partial charge in [-0.1, -0.05) is 24.3 Å². The number of imidazole rings is 1. The lowest BCUT2D eigenvalue weighted by Crippen LogP contribution is -2.39. The summed E-state index contributed by atoms with van der Waals surface area (Å²) in [5.41, 5.74) is 13.0. The molecule has 2 atom stereocenters. The largest absolute Gasteiger partial charge is 0.371 e. The van der Waals surface area contributed by atoms with Crippen LogP contribution in [0.5, 0.6) is 0 Å². The van der Waals surface area contributed by atoms with E-state index >= 15 is 4.39 Å². The van der Waals surface area contributed by atoms with Crippen molar-refractivity contribution in [1.29, 1.82) is 0 Å². The van der Waals surface area contributed by atoms with E-state index in [4.69, 9.17) is 10.7 Å². The molecule has 2 N–H and O–H groups in total. The number of aromatic nitrogens is 2. The van der Waals surface area contributed by atoms with E-state index in [2.05, 4.69) is 25.1 Å². The van der Waals surface area contributed by atoms with Crippen molar-refractivity contribution in [3.63, 3.8) is 0 Å². The molecule has 2 aromatic heterocycles. The fraction of sp³-hybridized carbons (Fsp3) is 0.364. The number of rotatable bonds is 5. The molecule has 210 valence electrons. The summed E-state index contributed by atoms with van der Waals surface area (Å²) in [6.07, 6.45) is 5.52. The highest BCUT2D eigenvalue weighted by atomic mass is 19.1. The number of hydrogen-bond donors (Lipinski definition) is 1. The van der Waals surface area contributed by atoms with Crippen LogP contribution >= 0.6 is 0 Å². The smallest absolute Gasteiger partial charge is 0.255 e. The highest BCUT2D eigenvalue weighted by Crippen LogP contribution is 2.43. The maximum Gasteiger partial charge on any atom is 0.255 e. The van der Waals surface area contributed by atoms with E-state index in [0.717, 1.165) is 41.9 Å². The van der Waals surface area contributed by atoms with Crippen molar-refractivity contribution in [2.75, 3.05) is 24.5 Å². The number of anilines is 1. The van der Waals surface area contributed by atoms with Gasteiger partial charge in [0.2, 0.25) is 5.91 Å². The molecule has 0 bridgehead atoms. The van der Waals surface area contributed by atoms with Crippen LogP contribution in [0.4, 0.5) is 10.1 Å². The van der Waals surface area contributed by atoms with Gasteiger partial charge in [0, 0.05) is 42.8 Å². The van der Waals surface area contributed by atoms with Crippen molar-refractivity contribution < 1.29 is 14.0 Å². The minimum absolute atomic E-state index is 0.00608. The van der Waals surface area contributed by atoms with Crippen LogP contribution in [0.1, 0.15) is 70.9 Å². The van der Waals surface area contributed by atoms with Gasteiger partial charge in [0.25, 0.3) is 5.91 Å². The molecule has 2 amide bonds. The summed E-state index contributed by atoms with van der Waals surface area (Å²) in [5, 5.41) is 0. The van der Waals surface area contributed by atoms with Crippen molar-refractivity contribution in [3.8, 4) is 11.3 Å². The lowest BCUT2D eigenvalue weighted by Gasteiger charge is -2.35. The second-order valence-corrected chi connectivity index (χ2v) is 11.8. The van der Waals surface area contributed by atoms with E-state index in [1.807, 2.05) is 45.5 Å². The number of primary amides is 1. The van der Waals surface area contributed by atoms with Gasteiger partial charge in [-0.25, -0.2) is 9.37 Å². The topological polar surface area (TPSA) is 83.9 Å². The second-order valence-electron chi connectivity index (χ2n) is 11.8. The Bertz CT molecular complexity index is 1710. The number of halogens is 1. The van der Waals surface area contributed by atoms with Crippen LogP contribution in [0.25, 0.3) is 16.9 Å². The van der Waals surface area contributed by atoms with E-state index in [1.54, 1.807) is 6.07 Å². The average Bonchev–Trinajstić information content (AvgIpc) is 3.60. The Hall–Kier alpha value is -4.20. The number of carbonyl (C=O) groups excluding carboxylic acids is 2. The molecule has 3 aliphatic rings. The van der Waals surface area contributed by atoms with Gasteiger partial charge in [0.05, 0.1) is 23.2 Å². The molecule has 0 unspecified atom stereocenters. The number of benzene rings is 2. The van der Waals surface area contributed by atoms with Gasteiger partial charge in [0.1, 0.15) is 11.5 Å². The third-order valence-electron chi connectivity index (χ3n) is 9.27. The Morgan fingerprint density at radius 3 is 2.56 bits per heavy atom. The van der Waals surface area contributed by atoms with Gasteiger partial charge in [-0.05, 0) is 86.4 Å². The lowest BCUT2D eigenvalue weighted by atomic mass is 9.93. The molecule has 0 radical (unpaired) electrons. The number of fused-ring (bicyclic) bond motifs is 2. The fourth-order valence-corrected chi connectivity index (χ4v) is 6.69. The molecule has 7 rings (SSSR count). The first-order valence-corrected chi connectivity index (χ1v) is 14.6. The van der Waals surface area contributed by atoms with Gasteiger partial charge < -0.3 is 19.9 Å². The maximum atomic E-state index is 15.6. The van der Waals surface area contributed by atoms with Crippen molar-refractivity contribution in [1.82, 2.24) is 14.3 Å². The number of aryl methyl sites for hydroxylation is 1. The molecule has 4 aromatic rings. The quantitative estimate of drug-likeness (QED) is 0.360. The number of nitrogens with two attached hydrogens (primary N) is 1. The van der Waals surface area contributed by atoms with E-state index in [9.17, 15) is 9.59 Å². The molecule has 2 aromatic carbocycles. The van der Waals surface area contributed by atoms with Gasteiger partial charge >= 0.3 is 0 Å². The lowest BCUT2D eigenvalue weighted by molar-refractivity contribution is -0.121. The summed E-state index contributed by atoms with van der Waals surface area (Å²) in [6, 6.07) is 15.5. The van der Waals surface area contributed by atoms with Crippen LogP contribution in [0, 0.1) is 18.7 Å². The van der Waals surface area contributed by atoms with E-state index in [-0.39, 0.29) is 29.6 Å². The predicted molar refractivity (Wildman–Crippen MR) is 156 cm³/mol. The molecule has 2 fully saturated rings. The maximum absolute atomic E-state index is 15.6. The molecule has 7 nitrogen and oxygen atoms in total. The van der Waals surface area contributed by atoms with Crippen LogP contribution in [-0.2, 0) is 11.2 Å². The minimum atomic E-state index is -0.360. The Morgan fingerprint density at radius 2 is 1.83 bits per heavy atom. The summed E-state index contributed by atoms with van der Waals surface area (Å²) in [6.45, 7) is 5.88. The van der Waals surface area contributed by atoms with Crippen molar-refractivity contribution >= 4 is 23.1 Å². The molecular formula is C33H34FN5O2. The number of pyridine rings is 1. The molecule has 8 heteroatoms. The van der Waals surface area contributed by atoms with Gasteiger partial charge in [-0.2, -0.15) is 0 Å². The first-order chi connectivity index (χ1) is 19.8. The zero-order valence-corrected chi connectivity index (χ0v) is 23.4. The molecule has 1 saturated carbocycles. The third kappa shape index (κ3) is 4.36. The van der Waals surface area contributed by atoms with Crippen LogP contribution < -0.4 is 10.6 Å². The SMILES string of the molecule is Cc1c(-c2ccc(N3CC[C@H](C(N)=O)C3)cc2F)nc2c(C3CC3)cc(C(=O)N3CCc4ccccc4[C@H]3C)cn12. The zero-order valence-electron chi connectivity index (χ0n) is 23.4. The number of carbonyl (C=O) groups is 2. The molecule has 2 aliphatic heterocycles. The monoisotopic (exact) mass is 551 g/mol. The first kappa shape index (κ1) is 25.7. The molecule has 4 heterocycles. The third-order valence-corrected chi connectivity index (χ3v) is 9.27. The average molecular weight is 552 g/mol. The number of nitrogens with zero attached hydrogens (tertiary/aromatic N) is 4. The van der Waals surface area contributed by atoms with Crippen LogP contribution in [0.2, 0.25) is 0 Å². The number of amides is 2. The molecule has 0 spiro atoms. The van der Waals surface area contributed by atoms with Crippen molar-refractivity contribution in [2.24, 2.45) is 11.7 Å². The van der Waals surface area contributed by atoms with Crippen LogP contribution in [0.15, 0.2) is 54.7 Å². The summed E-state index contributed by atoms with van der Waals surface area (Å²) in [7, 11) is 0. The van der Waals surface area contributed by atoms with E-state index in [1.165, 1.54) is 17.2 Å². The van der Waals surface area contributed by atoms with E-state index < -0.39 is 0 Å².